The minimum Gasteiger partial charge on any atom is -0.384 e. The zero-order valence-electron chi connectivity index (χ0n) is 6.53. The molecule has 1 nitrogen and oxygen atoms in total. The monoisotopic (exact) mass is 337 g/mol. The average Bonchev–Trinajstić information content (AvgIpc) is 2.04. The highest BCUT2D eigenvalue weighted by atomic mass is 127. The summed E-state index contributed by atoms with van der Waals surface area (Å²) in [5.74, 6) is 0. The Labute approximate surface area is 94.2 Å². The molecule has 0 spiro atoms. The van der Waals surface area contributed by atoms with Crippen LogP contribution in [0.3, 0.4) is 0 Å². The molecule has 1 N–H and O–H groups in total. The summed E-state index contributed by atoms with van der Waals surface area (Å²) >= 11 is 5.89. The fraction of sp³-hybridized carbons (Fsp3) is 0.333. The van der Waals surface area contributed by atoms with Crippen LogP contribution in [0.25, 0.3) is 0 Å². The molecule has 0 bridgehead atoms. The molecule has 2 rings (SSSR count). The van der Waals surface area contributed by atoms with Crippen molar-refractivity contribution in [3.63, 3.8) is 0 Å². The summed E-state index contributed by atoms with van der Waals surface area (Å²) < 4.78 is 2.51. The Morgan fingerprint density at radius 1 is 1.42 bits per heavy atom. The Morgan fingerprint density at radius 3 is 3.08 bits per heavy atom. The third kappa shape index (κ3) is 1.62. The summed E-state index contributed by atoms with van der Waals surface area (Å²) in [6.07, 6.45) is 2.46. The highest BCUT2D eigenvalue weighted by Crippen LogP contribution is 2.30. The average molecular weight is 338 g/mol. The van der Waals surface area contributed by atoms with E-state index in [2.05, 4.69) is 56.0 Å². The first-order valence-electron chi connectivity index (χ1n) is 3.99. The van der Waals surface area contributed by atoms with Gasteiger partial charge in [0.2, 0.25) is 0 Å². The van der Waals surface area contributed by atoms with Gasteiger partial charge in [-0.1, -0.05) is 15.9 Å². The lowest BCUT2D eigenvalue weighted by Gasteiger charge is -2.19. The SMILES string of the molecule is Brc1cc(I)c2c(c1)CCCN2. The number of hydrogen-bond acceptors (Lipinski definition) is 1. The summed E-state index contributed by atoms with van der Waals surface area (Å²) in [4.78, 5) is 0. The van der Waals surface area contributed by atoms with Crippen LogP contribution in [-0.4, -0.2) is 6.54 Å². The van der Waals surface area contributed by atoms with E-state index in [1.807, 2.05) is 0 Å². The molecule has 1 aliphatic rings. The van der Waals surface area contributed by atoms with Gasteiger partial charge in [0.15, 0.2) is 0 Å². The Kier molecular flexibility index (Phi) is 2.60. The normalized spacial score (nSPS) is 15.2. The number of benzene rings is 1. The van der Waals surface area contributed by atoms with Crippen molar-refractivity contribution >= 4 is 44.2 Å². The molecular weight excluding hydrogens is 329 g/mol. The van der Waals surface area contributed by atoms with E-state index in [0.29, 0.717) is 0 Å². The van der Waals surface area contributed by atoms with Crippen molar-refractivity contribution in [2.75, 3.05) is 11.9 Å². The first-order valence-corrected chi connectivity index (χ1v) is 5.86. The predicted octanol–water partition coefficient (Wildman–Crippen LogP) is 3.41. The molecule has 12 heavy (non-hydrogen) atoms. The van der Waals surface area contributed by atoms with Crippen molar-refractivity contribution in [2.24, 2.45) is 0 Å². The Balaban J connectivity index is 2.53. The molecule has 64 valence electrons. The number of halogens is 2. The van der Waals surface area contributed by atoms with Crippen molar-refractivity contribution in [2.45, 2.75) is 12.8 Å². The van der Waals surface area contributed by atoms with Gasteiger partial charge in [0, 0.05) is 14.6 Å². The predicted molar refractivity (Wildman–Crippen MR) is 63.7 cm³/mol. The molecule has 0 saturated carbocycles. The summed E-state index contributed by atoms with van der Waals surface area (Å²) in [6.45, 7) is 1.12. The van der Waals surface area contributed by atoms with E-state index in [1.54, 1.807) is 0 Å². The van der Waals surface area contributed by atoms with E-state index in [0.717, 1.165) is 6.54 Å². The summed E-state index contributed by atoms with van der Waals surface area (Å²) in [5.41, 5.74) is 2.78. The quantitative estimate of drug-likeness (QED) is 0.715. The molecule has 3 heteroatoms. The van der Waals surface area contributed by atoms with E-state index in [1.165, 1.54) is 32.1 Å². The van der Waals surface area contributed by atoms with Crippen molar-refractivity contribution in [1.29, 1.82) is 0 Å². The van der Waals surface area contributed by atoms with Crippen molar-refractivity contribution in [1.82, 2.24) is 0 Å². The van der Waals surface area contributed by atoms with E-state index in [9.17, 15) is 0 Å². The van der Waals surface area contributed by atoms with Gasteiger partial charge in [0.25, 0.3) is 0 Å². The van der Waals surface area contributed by atoms with Gasteiger partial charge in [-0.15, -0.1) is 0 Å². The number of nitrogens with one attached hydrogen (secondary N) is 1. The van der Waals surface area contributed by atoms with Gasteiger partial charge in [-0.05, 0) is 53.1 Å². The number of aryl methyl sites for hydroxylation is 1. The zero-order chi connectivity index (χ0) is 8.55. The molecule has 0 fully saturated rings. The van der Waals surface area contributed by atoms with Crippen LogP contribution in [0.5, 0.6) is 0 Å². The molecule has 1 heterocycles. The molecule has 0 saturated heterocycles. The van der Waals surface area contributed by atoms with Crippen LogP contribution >= 0.6 is 38.5 Å². The van der Waals surface area contributed by atoms with E-state index in [-0.39, 0.29) is 0 Å². The molecule has 1 aromatic carbocycles. The van der Waals surface area contributed by atoms with Crippen LogP contribution in [0.15, 0.2) is 16.6 Å². The van der Waals surface area contributed by atoms with Gasteiger partial charge in [0.1, 0.15) is 0 Å². The van der Waals surface area contributed by atoms with Gasteiger partial charge in [-0.2, -0.15) is 0 Å². The maximum Gasteiger partial charge on any atom is 0.0509 e. The Hall–Kier alpha value is 0.230. The van der Waals surface area contributed by atoms with Crippen molar-refractivity contribution in [3.8, 4) is 0 Å². The summed E-state index contributed by atoms with van der Waals surface area (Å²) in [6, 6.07) is 4.36. The number of hydrogen-bond donors (Lipinski definition) is 1. The summed E-state index contributed by atoms with van der Waals surface area (Å²) in [7, 11) is 0. The van der Waals surface area contributed by atoms with Gasteiger partial charge in [0.05, 0.1) is 5.69 Å². The van der Waals surface area contributed by atoms with Crippen LogP contribution in [0, 0.1) is 3.57 Å². The Bertz CT molecular complexity index is 312. The van der Waals surface area contributed by atoms with Gasteiger partial charge >= 0.3 is 0 Å². The minimum absolute atomic E-state index is 1.12. The molecule has 0 radical (unpaired) electrons. The topological polar surface area (TPSA) is 12.0 Å². The molecule has 1 aromatic rings. The van der Waals surface area contributed by atoms with Crippen LogP contribution in [-0.2, 0) is 6.42 Å². The molecule has 0 amide bonds. The Morgan fingerprint density at radius 2 is 2.25 bits per heavy atom. The molecular formula is C9H9BrIN. The zero-order valence-corrected chi connectivity index (χ0v) is 10.3. The first-order chi connectivity index (χ1) is 5.77. The fourth-order valence-corrected chi connectivity index (χ4v) is 3.32. The van der Waals surface area contributed by atoms with Crippen LogP contribution in [0.2, 0.25) is 0 Å². The third-order valence-corrected chi connectivity index (χ3v) is 3.37. The van der Waals surface area contributed by atoms with Crippen molar-refractivity contribution in [3.05, 3.63) is 25.7 Å². The van der Waals surface area contributed by atoms with Gasteiger partial charge < -0.3 is 5.32 Å². The van der Waals surface area contributed by atoms with E-state index in [4.69, 9.17) is 0 Å². The molecule has 1 aliphatic heterocycles. The molecule has 0 aliphatic carbocycles. The minimum atomic E-state index is 1.12. The lowest BCUT2D eigenvalue weighted by atomic mass is 10.0. The van der Waals surface area contributed by atoms with Crippen molar-refractivity contribution < 1.29 is 0 Å². The number of fused-ring (bicyclic) bond motifs is 1. The fourth-order valence-electron chi connectivity index (χ4n) is 1.51. The second-order valence-corrected chi connectivity index (χ2v) is 5.03. The number of rotatable bonds is 0. The second kappa shape index (κ2) is 3.54. The van der Waals surface area contributed by atoms with Gasteiger partial charge in [-0.25, -0.2) is 0 Å². The van der Waals surface area contributed by atoms with Gasteiger partial charge in [-0.3, -0.25) is 0 Å². The smallest absolute Gasteiger partial charge is 0.0509 e. The molecule has 0 atom stereocenters. The van der Waals surface area contributed by atoms with Crippen LogP contribution in [0.1, 0.15) is 12.0 Å². The molecule has 0 unspecified atom stereocenters. The van der Waals surface area contributed by atoms with Crippen LogP contribution < -0.4 is 5.32 Å². The molecule has 0 aromatic heterocycles. The lowest BCUT2D eigenvalue weighted by Crippen LogP contribution is -2.12. The van der Waals surface area contributed by atoms with E-state index >= 15 is 0 Å². The largest absolute Gasteiger partial charge is 0.384 e. The second-order valence-electron chi connectivity index (χ2n) is 2.95. The maximum atomic E-state index is 3.51. The highest BCUT2D eigenvalue weighted by Gasteiger charge is 2.11. The van der Waals surface area contributed by atoms with E-state index < -0.39 is 0 Å². The standard InChI is InChI=1S/C9H9BrIN/c10-7-4-6-2-1-3-12-9(6)8(11)5-7/h4-5,12H,1-3H2. The summed E-state index contributed by atoms with van der Waals surface area (Å²) in [5, 5.41) is 3.43. The first kappa shape index (κ1) is 8.81. The highest BCUT2D eigenvalue weighted by molar-refractivity contribution is 14.1. The maximum absolute atomic E-state index is 3.51. The third-order valence-electron chi connectivity index (χ3n) is 2.06. The van der Waals surface area contributed by atoms with Crippen LogP contribution in [0.4, 0.5) is 5.69 Å². The lowest BCUT2D eigenvalue weighted by molar-refractivity contribution is 0.828. The number of anilines is 1.